The second-order valence-electron chi connectivity index (χ2n) is 6.33. The lowest BCUT2D eigenvalue weighted by Crippen LogP contribution is -2.04. The van der Waals surface area contributed by atoms with E-state index in [0.29, 0.717) is 0 Å². The normalized spacial score (nSPS) is 10.9. The second-order valence-corrected chi connectivity index (χ2v) is 6.33. The van der Waals surface area contributed by atoms with Crippen molar-refractivity contribution in [3.63, 3.8) is 0 Å². The number of aromatic nitrogens is 4. The van der Waals surface area contributed by atoms with Crippen molar-refractivity contribution in [3.05, 3.63) is 54.7 Å². The van der Waals surface area contributed by atoms with Gasteiger partial charge in [0.1, 0.15) is 5.69 Å². The fraction of sp³-hybridized carbons (Fsp3) is 0.381. The average molecular weight is 334 g/mol. The van der Waals surface area contributed by atoms with Crippen LogP contribution >= 0.6 is 0 Å². The van der Waals surface area contributed by atoms with E-state index in [0.717, 1.165) is 35.9 Å². The van der Waals surface area contributed by atoms with E-state index in [4.69, 9.17) is 10.1 Å². The highest BCUT2D eigenvalue weighted by molar-refractivity contribution is 5.59. The van der Waals surface area contributed by atoms with E-state index in [2.05, 4.69) is 11.9 Å². The van der Waals surface area contributed by atoms with Crippen LogP contribution in [0.15, 0.2) is 54.7 Å². The molecule has 4 heteroatoms. The molecule has 0 unspecified atom stereocenters. The number of hydrogen-bond acceptors (Lipinski definition) is 3. The van der Waals surface area contributed by atoms with Crippen molar-refractivity contribution in [3.8, 4) is 22.9 Å². The van der Waals surface area contributed by atoms with Crippen molar-refractivity contribution < 1.29 is 0 Å². The molecule has 130 valence electrons. The maximum atomic E-state index is 4.77. The summed E-state index contributed by atoms with van der Waals surface area (Å²) in [5.41, 5.74) is 1.92. The lowest BCUT2D eigenvalue weighted by atomic mass is 10.1. The van der Waals surface area contributed by atoms with E-state index in [-0.39, 0.29) is 0 Å². The van der Waals surface area contributed by atoms with Gasteiger partial charge in [-0.25, -0.2) is 9.67 Å². The van der Waals surface area contributed by atoms with Gasteiger partial charge < -0.3 is 0 Å². The Balaban J connectivity index is 1.76. The number of rotatable bonds is 9. The third kappa shape index (κ3) is 4.75. The van der Waals surface area contributed by atoms with Gasteiger partial charge in [-0.2, -0.15) is 5.10 Å². The van der Waals surface area contributed by atoms with Crippen molar-refractivity contribution in [2.24, 2.45) is 0 Å². The summed E-state index contributed by atoms with van der Waals surface area (Å²) in [7, 11) is 0. The fourth-order valence-corrected chi connectivity index (χ4v) is 2.93. The van der Waals surface area contributed by atoms with Gasteiger partial charge in [0.15, 0.2) is 11.6 Å². The maximum absolute atomic E-state index is 4.77. The Labute approximate surface area is 150 Å². The minimum Gasteiger partial charge on any atom is -0.253 e. The first kappa shape index (κ1) is 17.3. The molecule has 0 saturated heterocycles. The summed E-state index contributed by atoms with van der Waals surface area (Å²) in [6.45, 7) is 3.14. The molecule has 0 saturated carbocycles. The zero-order valence-electron chi connectivity index (χ0n) is 14.9. The lowest BCUT2D eigenvalue weighted by Gasteiger charge is -2.05. The van der Waals surface area contributed by atoms with E-state index < -0.39 is 0 Å². The molecule has 0 aliphatic rings. The van der Waals surface area contributed by atoms with Gasteiger partial charge in [-0.3, -0.25) is 4.98 Å². The van der Waals surface area contributed by atoms with Crippen LogP contribution in [0.2, 0.25) is 0 Å². The van der Waals surface area contributed by atoms with E-state index in [9.17, 15) is 0 Å². The molecule has 0 fully saturated rings. The van der Waals surface area contributed by atoms with Crippen molar-refractivity contribution in [2.45, 2.75) is 52.0 Å². The highest BCUT2D eigenvalue weighted by atomic mass is 15.3. The van der Waals surface area contributed by atoms with Gasteiger partial charge in [-0.15, -0.1) is 0 Å². The monoisotopic (exact) mass is 334 g/mol. The van der Waals surface area contributed by atoms with Crippen molar-refractivity contribution >= 4 is 0 Å². The summed E-state index contributed by atoms with van der Waals surface area (Å²) in [6.07, 6.45) is 9.42. The van der Waals surface area contributed by atoms with Gasteiger partial charge in [0.2, 0.25) is 0 Å². The number of aryl methyl sites for hydroxylation is 1. The van der Waals surface area contributed by atoms with Gasteiger partial charge in [0.05, 0.1) is 0 Å². The number of hydrogen-bond donors (Lipinski definition) is 0. The zero-order valence-corrected chi connectivity index (χ0v) is 14.9. The molecular formula is C21H26N4. The summed E-state index contributed by atoms with van der Waals surface area (Å²) in [5.74, 6) is 1.63. The number of benzene rings is 1. The number of nitrogens with zero attached hydrogens (tertiary/aromatic N) is 4. The summed E-state index contributed by atoms with van der Waals surface area (Å²) in [6, 6.07) is 16.1. The quantitative estimate of drug-likeness (QED) is 0.494. The zero-order chi connectivity index (χ0) is 17.3. The first-order valence-corrected chi connectivity index (χ1v) is 9.30. The Bertz CT molecular complexity index is 750. The molecule has 0 radical (unpaired) electrons. The summed E-state index contributed by atoms with van der Waals surface area (Å²) in [4.78, 5) is 9.23. The smallest absolute Gasteiger partial charge is 0.181 e. The molecule has 25 heavy (non-hydrogen) atoms. The second kappa shape index (κ2) is 9.11. The maximum Gasteiger partial charge on any atom is 0.181 e. The predicted octanol–water partition coefficient (Wildman–Crippen LogP) is 5.37. The molecule has 3 rings (SSSR count). The summed E-state index contributed by atoms with van der Waals surface area (Å²) < 4.78 is 2.02. The Hall–Kier alpha value is -2.49. The molecule has 0 bridgehead atoms. The number of pyridine rings is 1. The summed E-state index contributed by atoms with van der Waals surface area (Å²) in [5, 5.41) is 4.76. The molecule has 1 aromatic carbocycles. The lowest BCUT2D eigenvalue weighted by molar-refractivity contribution is 0.530. The first-order chi connectivity index (χ1) is 12.4. The molecule has 2 heterocycles. The average Bonchev–Trinajstić information content (AvgIpc) is 3.10. The first-order valence-electron chi connectivity index (χ1n) is 9.30. The van der Waals surface area contributed by atoms with E-state index in [1.54, 1.807) is 6.20 Å². The summed E-state index contributed by atoms with van der Waals surface area (Å²) >= 11 is 0. The molecule has 0 spiro atoms. The minimum absolute atomic E-state index is 0.771. The van der Waals surface area contributed by atoms with Crippen LogP contribution in [0, 0.1) is 0 Å². The minimum atomic E-state index is 0.771. The molecule has 2 aromatic heterocycles. The van der Waals surface area contributed by atoms with Crippen LogP contribution in [0.1, 0.15) is 45.4 Å². The SMILES string of the molecule is CCCCCCCCn1nc(-c2ccccc2)nc1-c1ccccn1. The topological polar surface area (TPSA) is 43.6 Å². The van der Waals surface area contributed by atoms with Gasteiger partial charge in [-0.05, 0) is 18.6 Å². The van der Waals surface area contributed by atoms with Gasteiger partial charge >= 0.3 is 0 Å². The molecule has 0 aliphatic carbocycles. The number of unbranched alkanes of at least 4 members (excludes halogenated alkanes) is 5. The third-order valence-electron chi connectivity index (χ3n) is 4.32. The molecule has 0 N–H and O–H groups in total. The fourth-order valence-electron chi connectivity index (χ4n) is 2.93. The van der Waals surface area contributed by atoms with Crippen molar-refractivity contribution in [1.82, 2.24) is 19.7 Å². The molecule has 3 aromatic rings. The van der Waals surface area contributed by atoms with Crippen LogP contribution in [-0.4, -0.2) is 19.7 Å². The Morgan fingerprint density at radius 2 is 1.60 bits per heavy atom. The third-order valence-corrected chi connectivity index (χ3v) is 4.32. The van der Waals surface area contributed by atoms with E-state index in [1.807, 2.05) is 53.2 Å². The van der Waals surface area contributed by atoms with Crippen LogP contribution in [-0.2, 0) is 6.54 Å². The Morgan fingerprint density at radius 3 is 2.36 bits per heavy atom. The molecular weight excluding hydrogens is 308 g/mol. The Kier molecular flexibility index (Phi) is 6.32. The van der Waals surface area contributed by atoms with Crippen LogP contribution in [0.25, 0.3) is 22.9 Å². The van der Waals surface area contributed by atoms with Crippen LogP contribution in [0.5, 0.6) is 0 Å². The van der Waals surface area contributed by atoms with Gasteiger partial charge in [-0.1, -0.05) is 75.4 Å². The Morgan fingerprint density at radius 1 is 0.840 bits per heavy atom. The molecule has 0 amide bonds. The molecule has 0 aliphatic heterocycles. The van der Waals surface area contributed by atoms with Gasteiger partial charge in [0.25, 0.3) is 0 Å². The van der Waals surface area contributed by atoms with Crippen LogP contribution in [0.4, 0.5) is 0 Å². The van der Waals surface area contributed by atoms with Crippen molar-refractivity contribution in [1.29, 1.82) is 0 Å². The standard InChI is InChI=1S/C21H26N4/c1-2-3-4-5-6-12-17-25-21(19-15-10-11-16-22-19)23-20(24-25)18-13-8-7-9-14-18/h7-11,13-16H,2-6,12,17H2,1H3. The van der Waals surface area contributed by atoms with Gasteiger partial charge in [0, 0.05) is 18.3 Å². The highest BCUT2D eigenvalue weighted by Gasteiger charge is 2.13. The molecule has 0 atom stereocenters. The van der Waals surface area contributed by atoms with Crippen LogP contribution in [0.3, 0.4) is 0 Å². The van der Waals surface area contributed by atoms with Crippen LogP contribution < -0.4 is 0 Å². The molecule has 4 nitrogen and oxygen atoms in total. The highest BCUT2D eigenvalue weighted by Crippen LogP contribution is 2.21. The predicted molar refractivity (Wildman–Crippen MR) is 102 cm³/mol. The van der Waals surface area contributed by atoms with E-state index >= 15 is 0 Å². The van der Waals surface area contributed by atoms with Crippen molar-refractivity contribution in [2.75, 3.05) is 0 Å². The van der Waals surface area contributed by atoms with E-state index in [1.165, 1.54) is 32.1 Å². The largest absolute Gasteiger partial charge is 0.253 e.